The lowest BCUT2D eigenvalue weighted by atomic mass is 10.2. The van der Waals surface area contributed by atoms with E-state index in [1.165, 1.54) is 17.2 Å². The van der Waals surface area contributed by atoms with Gasteiger partial charge in [-0.25, -0.2) is 19.2 Å². The number of hydrogen-bond donors (Lipinski definition) is 2. The second-order valence-corrected chi connectivity index (χ2v) is 12.7. The fourth-order valence-electron chi connectivity index (χ4n) is 6.66. The van der Waals surface area contributed by atoms with Gasteiger partial charge in [-0.05, 0) is 31.0 Å². The molecule has 250 valence electrons. The minimum Gasteiger partial charge on any atom is -0.368 e. The van der Waals surface area contributed by atoms with Crippen LogP contribution in [0.15, 0.2) is 42.9 Å². The smallest absolute Gasteiger partial charge is 0.328 e. The van der Waals surface area contributed by atoms with Gasteiger partial charge in [0.1, 0.15) is 23.0 Å². The maximum atomic E-state index is 15.0. The minimum atomic E-state index is -0.567. The van der Waals surface area contributed by atoms with Crippen molar-refractivity contribution in [2.24, 2.45) is 0 Å². The quantitative estimate of drug-likeness (QED) is 0.288. The van der Waals surface area contributed by atoms with Gasteiger partial charge in [0.15, 0.2) is 0 Å². The van der Waals surface area contributed by atoms with Gasteiger partial charge in [-0.1, -0.05) is 12.8 Å². The Morgan fingerprint density at radius 3 is 2.44 bits per heavy atom. The van der Waals surface area contributed by atoms with Crippen molar-refractivity contribution in [3.8, 4) is 0 Å². The van der Waals surface area contributed by atoms with Crippen LogP contribution < -0.4 is 20.4 Å². The molecule has 0 aromatic carbocycles. The van der Waals surface area contributed by atoms with Gasteiger partial charge >= 0.3 is 6.03 Å². The number of aromatic nitrogens is 5. The van der Waals surface area contributed by atoms with E-state index >= 15 is 0 Å². The first kappa shape index (κ1) is 31.4. The lowest BCUT2D eigenvalue weighted by molar-refractivity contribution is -0.120. The van der Waals surface area contributed by atoms with E-state index in [0.717, 1.165) is 55.5 Å². The Balaban J connectivity index is 0.969. The van der Waals surface area contributed by atoms with Gasteiger partial charge < -0.3 is 19.7 Å². The molecule has 0 unspecified atom stereocenters. The molecule has 2 N–H and O–H groups in total. The van der Waals surface area contributed by atoms with Gasteiger partial charge in [0, 0.05) is 83.5 Å². The molecule has 0 radical (unpaired) electrons. The molecule has 0 atom stereocenters. The summed E-state index contributed by atoms with van der Waals surface area (Å²) in [5.41, 5.74) is 3.00. The van der Waals surface area contributed by atoms with E-state index in [1.54, 1.807) is 25.2 Å². The molecule has 14 nitrogen and oxygen atoms in total. The zero-order valence-corrected chi connectivity index (χ0v) is 27.0. The predicted molar refractivity (Wildman–Crippen MR) is 178 cm³/mol. The predicted octanol–water partition coefficient (Wildman–Crippen LogP) is 3.69. The summed E-state index contributed by atoms with van der Waals surface area (Å²) < 4.78 is 17.1. The number of hydrogen-bond acceptors (Lipinski definition) is 10. The van der Waals surface area contributed by atoms with Gasteiger partial charge in [0.25, 0.3) is 5.91 Å². The average Bonchev–Trinajstić information content (AvgIpc) is 3.74. The van der Waals surface area contributed by atoms with E-state index in [1.807, 2.05) is 24.4 Å². The van der Waals surface area contributed by atoms with Crippen LogP contribution in [0, 0.1) is 5.82 Å². The second-order valence-electron chi connectivity index (χ2n) is 12.7. The molecule has 2 aliphatic heterocycles. The molecule has 15 heteroatoms. The molecule has 2 saturated heterocycles. The SMILES string of the molecule is CN(C)C(=O)c1cc2cnc(Nc3ccc(N4CCN(Cc5ncc(N6CCC(=O)NC6=O)cc5F)CC4)cn3)nc2n1C1CCCC1. The van der Waals surface area contributed by atoms with Crippen molar-refractivity contribution in [2.45, 2.75) is 44.7 Å². The normalized spacial score (nSPS) is 17.6. The van der Waals surface area contributed by atoms with E-state index < -0.39 is 11.8 Å². The Morgan fingerprint density at radius 1 is 0.979 bits per heavy atom. The summed E-state index contributed by atoms with van der Waals surface area (Å²) >= 11 is 0. The Hall–Kier alpha value is -5.18. The number of carbonyl (C=O) groups excluding carboxylic acids is 3. The van der Waals surface area contributed by atoms with Gasteiger partial charge in [-0.15, -0.1) is 0 Å². The molecular formula is C33H38FN11O3. The zero-order valence-electron chi connectivity index (χ0n) is 27.0. The van der Waals surface area contributed by atoms with Crippen molar-refractivity contribution in [1.82, 2.24) is 39.6 Å². The first-order valence-electron chi connectivity index (χ1n) is 16.3. The number of urea groups is 1. The molecule has 3 fully saturated rings. The van der Waals surface area contributed by atoms with Crippen LogP contribution in [-0.4, -0.2) is 99.0 Å². The molecule has 1 saturated carbocycles. The molecule has 0 bridgehead atoms. The Labute approximate surface area is 277 Å². The fraction of sp³-hybridized carbons (Fsp3) is 0.424. The van der Waals surface area contributed by atoms with Crippen LogP contribution in [0.2, 0.25) is 0 Å². The minimum absolute atomic E-state index is 0.0459. The number of piperazine rings is 1. The number of rotatable bonds is 8. The summed E-state index contributed by atoms with van der Waals surface area (Å²) in [7, 11) is 3.52. The van der Waals surface area contributed by atoms with Crippen LogP contribution in [0.3, 0.4) is 0 Å². The number of anilines is 4. The molecule has 4 aromatic heterocycles. The third-order valence-corrected chi connectivity index (χ3v) is 9.26. The van der Waals surface area contributed by atoms with Crippen LogP contribution in [0.4, 0.5) is 32.3 Å². The summed E-state index contributed by atoms with van der Waals surface area (Å²) in [5, 5.41) is 6.30. The average molecular weight is 656 g/mol. The number of imide groups is 1. The van der Waals surface area contributed by atoms with E-state index in [9.17, 15) is 18.8 Å². The lowest BCUT2D eigenvalue weighted by Gasteiger charge is -2.35. The molecule has 48 heavy (non-hydrogen) atoms. The number of fused-ring (bicyclic) bond motifs is 1. The summed E-state index contributed by atoms with van der Waals surface area (Å²) in [6.45, 7) is 3.45. The number of amides is 4. The lowest BCUT2D eigenvalue weighted by Crippen LogP contribution is -2.49. The highest BCUT2D eigenvalue weighted by Crippen LogP contribution is 2.35. The standard InChI is InChI=1S/C33H38FN11O3/c1-41(2)31(47)27-15-21-17-37-32(40-30(21)45(27)22-5-3-4-6-22)38-28-8-7-23(18-36-28)43-13-11-42(12-14-43)20-26-25(34)16-24(19-35-26)44-10-9-29(46)39-33(44)48/h7-8,15-19,22H,3-6,9-14,20H2,1-2H3,(H,39,46,48)(H,36,37,38,40). The third-order valence-electron chi connectivity index (χ3n) is 9.26. The van der Waals surface area contributed by atoms with E-state index in [4.69, 9.17) is 4.98 Å². The van der Waals surface area contributed by atoms with Crippen molar-refractivity contribution < 1.29 is 18.8 Å². The topological polar surface area (TPSA) is 145 Å². The molecule has 3 aliphatic rings. The van der Waals surface area contributed by atoms with Crippen molar-refractivity contribution in [1.29, 1.82) is 0 Å². The van der Waals surface area contributed by atoms with Crippen LogP contribution in [0.5, 0.6) is 0 Å². The highest BCUT2D eigenvalue weighted by atomic mass is 19.1. The molecule has 4 amide bonds. The Bertz CT molecular complexity index is 1850. The van der Waals surface area contributed by atoms with E-state index in [2.05, 4.69) is 40.0 Å². The van der Waals surface area contributed by atoms with E-state index in [-0.39, 0.29) is 30.8 Å². The molecule has 4 aromatic rings. The maximum absolute atomic E-state index is 15.0. The van der Waals surface area contributed by atoms with Crippen LogP contribution in [0.1, 0.15) is 54.3 Å². The Morgan fingerprint density at radius 2 is 1.75 bits per heavy atom. The number of pyridine rings is 2. The van der Waals surface area contributed by atoms with Crippen molar-refractivity contribution in [2.75, 3.05) is 61.9 Å². The first-order valence-corrected chi connectivity index (χ1v) is 16.3. The molecule has 0 spiro atoms. The first-order chi connectivity index (χ1) is 23.2. The van der Waals surface area contributed by atoms with Gasteiger partial charge in [0.05, 0.1) is 29.5 Å². The van der Waals surface area contributed by atoms with Crippen molar-refractivity contribution in [3.63, 3.8) is 0 Å². The summed E-state index contributed by atoms with van der Waals surface area (Å²) in [4.78, 5) is 62.1. The zero-order chi connectivity index (χ0) is 33.4. The monoisotopic (exact) mass is 655 g/mol. The maximum Gasteiger partial charge on any atom is 0.328 e. The number of carbonyl (C=O) groups is 3. The number of halogens is 1. The fourth-order valence-corrected chi connectivity index (χ4v) is 6.66. The molecule has 6 heterocycles. The molecule has 7 rings (SSSR count). The van der Waals surface area contributed by atoms with Crippen molar-refractivity contribution >= 4 is 52.0 Å². The molecule has 1 aliphatic carbocycles. The van der Waals surface area contributed by atoms with Crippen LogP contribution >= 0.6 is 0 Å². The highest BCUT2D eigenvalue weighted by Gasteiger charge is 2.28. The number of nitrogens with one attached hydrogen (secondary N) is 2. The largest absolute Gasteiger partial charge is 0.368 e. The van der Waals surface area contributed by atoms with Gasteiger partial charge in [-0.3, -0.25) is 29.7 Å². The summed E-state index contributed by atoms with van der Waals surface area (Å²) in [6, 6.07) is 6.75. The third kappa shape index (κ3) is 6.37. The van der Waals surface area contributed by atoms with Crippen LogP contribution in [0.25, 0.3) is 11.0 Å². The van der Waals surface area contributed by atoms with Gasteiger partial charge in [-0.2, -0.15) is 4.98 Å². The summed E-state index contributed by atoms with van der Waals surface area (Å²) in [6.07, 6.45) is 9.52. The Kier molecular flexibility index (Phi) is 8.60. The highest BCUT2D eigenvalue weighted by molar-refractivity contribution is 6.05. The summed E-state index contributed by atoms with van der Waals surface area (Å²) in [5.74, 6) is 0.158. The van der Waals surface area contributed by atoms with Crippen LogP contribution in [-0.2, 0) is 11.3 Å². The van der Waals surface area contributed by atoms with Gasteiger partial charge in [0.2, 0.25) is 11.9 Å². The second kappa shape index (κ2) is 13.1. The van der Waals surface area contributed by atoms with Crippen molar-refractivity contribution in [3.05, 3.63) is 60.1 Å². The number of nitrogens with zero attached hydrogens (tertiary/aromatic N) is 9. The molecular weight excluding hydrogens is 617 g/mol. The van der Waals surface area contributed by atoms with E-state index in [0.29, 0.717) is 48.5 Å².